The number of rotatable bonds is 4. The Morgan fingerprint density at radius 1 is 1.19 bits per heavy atom. The van der Waals surface area contributed by atoms with Gasteiger partial charge in [-0.25, -0.2) is 4.98 Å². The molecule has 0 unspecified atom stereocenters. The first kappa shape index (κ1) is 20.1. The lowest BCUT2D eigenvalue weighted by atomic mass is 10.00. The maximum Gasteiger partial charge on any atom is 0.254 e. The molecule has 160 valence electrons. The van der Waals surface area contributed by atoms with Crippen molar-refractivity contribution in [1.29, 1.82) is 0 Å². The minimum absolute atomic E-state index is 0.0475. The Morgan fingerprint density at radius 2 is 2.06 bits per heavy atom. The number of aromatic amines is 1. The van der Waals surface area contributed by atoms with E-state index in [9.17, 15) is 9.59 Å². The molecule has 0 aliphatic carbocycles. The van der Waals surface area contributed by atoms with Gasteiger partial charge in [-0.2, -0.15) is 0 Å². The van der Waals surface area contributed by atoms with E-state index in [1.54, 1.807) is 40.8 Å². The van der Waals surface area contributed by atoms with Crippen LogP contribution in [0.25, 0.3) is 0 Å². The lowest BCUT2D eigenvalue weighted by Crippen LogP contribution is -2.41. The van der Waals surface area contributed by atoms with Gasteiger partial charge in [0.1, 0.15) is 5.82 Å². The second-order valence-corrected chi connectivity index (χ2v) is 9.18. The lowest BCUT2D eigenvalue weighted by molar-refractivity contribution is 0.0729. The van der Waals surface area contributed by atoms with E-state index in [4.69, 9.17) is 4.98 Å². The van der Waals surface area contributed by atoms with Crippen molar-refractivity contribution in [1.82, 2.24) is 24.8 Å². The quantitative estimate of drug-likeness (QED) is 0.681. The first-order valence-corrected chi connectivity index (χ1v) is 11.6. The van der Waals surface area contributed by atoms with Crippen LogP contribution in [-0.2, 0) is 19.5 Å². The van der Waals surface area contributed by atoms with Gasteiger partial charge in [-0.3, -0.25) is 19.5 Å². The number of carbonyl (C=O) groups is 1. The molecule has 0 spiro atoms. The highest BCUT2D eigenvalue weighted by Gasteiger charge is 2.30. The van der Waals surface area contributed by atoms with Gasteiger partial charge in [0, 0.05) is 41.5 Å². The van der Waals surface area contributed by atoms with Crippen LogP contribution < -0.4 is 5.56 Å². The number of H-pyrrole nitrogens is 1. The number of carbonyl (C=O) groups excluding carboxylic acids is 1. The first-order valence-electron chi connectivity index (χ1n) is 10.8. The van der Waals surface area contributed by atoms with Gasteiger partial charge in [-0.05, 0) is 49.4 Å². The summed E-state index contributed by atoms with van der Waals surface area (Å²) in [6.45, 7) is 2.75. The summed E-state index contributed by atoms with van der Waals surface area (Å²) < 4.78 is 0. The molecule has 1 atom stereocenters. The van der Waals surface area contributed by atoms with Crippen LogP contribution in [0.4, 0.5) is 0 Å². The molecule has 1 amide bonds. The Bertz CT molecular complexity index is 1110. The van der Waals surface area contributed by atoms with Gasteiger partial charge in [-0.1, -0.05) is 12.5 Å². The van der Waals surface area contributed by atoms with Crippen molar-refractivity contribution in [2.45, 2.75) is 44.8 Å². The molecule has 0 saturated carbocycles. The van der Waals surface area contributed by atoms with E-state index in [2.05, 4.69) is 32.4 Å². The van der Waals surface area contributed by atoms with Crippen LogP contribution in [0.15, 0.2) is 46.8 Å². The van der Waals surface area contributed by atoms with Crippen molar-refractivity contribution in [2.24, 2.45) is 0 Å². The minimum Gasteiger partial charge on any atom is -0.332 e. The Kier molecular flexibility index (Phi) is 5.65. The van der Waals surface area contributed by atoms with Gasteiger partial charge in [0.15, 0.2) is 0 Å². The van der Waals surface area contributed by atoms with Crippen LogP contribution in [0.2, 0.25) is 0 Å². The van der Waals surface area contributed by atoms with Crippen molar-refractivity contribution >= 4 is 17.2 Å². The zero-order chi connectivity index (χ0) is 21.2. The predicted octanol–water partition coefficient (Wildman–Crippen LogP) is 3.15. The summed E-state index contributed by atoms with van der Waals surface area (Å²) in [5.41, 5.74) is 1.99. The molecule has 31 heavy (non-hydrogen) atoms. The summed E-state index contributed by atoms with van der Waals surface area (Å²) >= 11 is 1.76. The molecule has 2 aliphatic rings. The highest BCUT2D eigenvalue weighted by atomic mass is 32.1. The van der Waals surface area contributed by atoms with Crippen LogP contribution in [0, 0.1) is 0 Å². The highest BCUT2D eigenvalue weighted by molar-refractivity contribution is 7.09. The summed E-state index contributed by atoms with van der Waals surface area (Å²) in [4.78, 5) is 43.2. The van der Waals surface area contributed by atoms with Gasteiger partial charge in [-0.15, -0.1) is 11.3 Å². The minimum atomic E-state index is -0.0577. The second-order valence-electron chi connectivity index (χ2n) is 8.15. The summed E-state index contributed by atoms with van der Waals surface area (Å²) in [6.07, 6.45) is 7.03. The molecule has 1 N–H and O–H groups in total. The predicted molar refractivity (Wildman–Crippen MR) is 119 cm³/mol. The van der Waals surface area contributed by atoms with Gasteiger partial charge in [0.2, 0.25) is 0 Å². The number of thiophene rings is 1. The topological polar surface area (TPSA) is 82.2 Å². The maximum absolute atomic E-state index is 12.9. The third-order valence-corrected chi connectivity index (χ3v) is 7.04. The standard InChI is InChI=1S/C23H25N5O2S/c29-22-18-8-12-28(23(30)16-6-9-24-10-7-16)15-19(18)25-21(26-22)20-5-1-2-11-27(20)14-17-4-3-13-31-17/h3-4,6-7,9-10,13,20H,1-2,5,8,11-12,14-15H2,(H,25,26,29)/t20-/m1/s1. The number of hydrogen-bond donors (Lipinski definition) is 1. The Balaban J connectivity index is 1.41. The van der Waals surface area contributed by atoms with E-state index in [1.807, 2.05) is 0 Å². The Labute approximate surface area is 184 Å². The van der Waals surface area contributed by atoms with E-state index >= 15 is 0 Å². The molecular weight excluding hydrogens is 410 g/mol. The fourth-order valence-corrected chi connectivity index (χ4v) is 5.29. The van der Waals surface area contributed by atoms with Crippen molar-refractivity contribution in [3.05, 3.63) is 79.9 Å². The number of likely N-dealkylation sites (tertiary alicyclic amines) is 1. The van der Waals surface area contributed by atoms with Crippen LogP contribution in [-0.4, -0.2) is 43.7 Å². The monoisotopic (exact) mass is 435 g/mol. The summed E-state index contributed by atoms with van der Waals surface area (Å²) in [7, 11) is 0. The van der Waals surface area contributed by atoms with Gasteiger partial charge < -0.3 is 9.88 Å². The Morgan fingerprint density at radius 3 is 2.87 bits per heavy atom. The van der Waals surface area contributed by atoms with Crippen molar-refractivity contribution in [2.75, 3.05) is 13.1 Å². The first-order chi connectivity index (χ1) is 15.2. The van der Waals surface area contributed by atoms with Crippen LogP contribution in [0.5, 0.6) is 0 Å². The van der Waals surface area contributed by atoms with Gasteiger partial charge >= 0.3 is 0 Å². The summed E-state index contributed by atoms with van der Waals surface area (Å²) in [5, 5.41) is 2.10. The molecule has 5 heterocycles. The largest absolute Gasteiger partial charge is 0.332 e. The van der Waals surface area contributed by atoms with Gasteiger partial charge in [0.25, 0.3) is 11.5 Å². The highest BCUT2D eigenvalue weighted by Crippen LogP contribution is 2.31. The van der Waals surface area contributed by atoms with E-state index in [0.717, 1.165) is 43.9 Å². The fraction of sp³-hybridized carbons (Fsp3) is 0.391. The summed E-state index contributed by atoms with van der Waals surface area (Å²) in [5.74, 6) is 0.687. The Hall–Kier alpha value is -2.84. The number of nitrogens with one attached hydrogen (secondary N) is 1. The summed E-state index contributed by atoms with van der Waals surface area (Å²) in [6, 6.07) is 7.77. The van der Waals surface area contributed by atoms with E-state index in [-0.39, 0.29) is 17.5 Å². The molecule has 0 bridgehead atoms. The number of amides is 1. The molecule has 1 fully saturated rings. The average molecular weight is 436 g/mol. The van der Waals surface area contributed by atoms with E-state index < -0.39 is 0 Å². The third-order valence-electron chi connectivity index (χ3n) is 6.17. The number of hydrogen-bond acceptors (Lipinski definition) is 6. The SMILES string of the molecule is O=C(c1ccncc1)N1CCc2c(nc([C@H]3CCCCN3Cc3cccs3)[nH]c2=O)C1. The molecule has 5 rings (SSSR count). The molecule has 7 nitrogen and oxygen atoms in total. The zero-order valence-electron chi connectivity index (χ0n) is 17.3. The van der Waals surface area contributed by atoms with Crippen LogP contribution in [0.3, 0.4) is 0 Å². The smallest absolute Gasteiger partial charge is 0.254 e. The molecule has 3 aromatic rings. The normalized spacial score (nSPS) is 19.2. The second kappa shape index (κ2) is 8.72. The van der Waals surface area contributed by atoms with Crippen LogP contribution >= 0.6 is 11.3 Å². The third kappa shape index (κ3) is 4.18. The molecule has 0 radical (unpaired) electrons. The number of piperidine rings is 1. The zero-order valence-corrected chi connectivity index (χ0v) is 18.1. The molecule has 2 aliphatic heterocycles. The fourth-order valence-electron chi connectivity index (χ4n) is 4.56. The lowest BCUT2D eigenvalue weighted by Gasteiger charge is -2.35. The van der Waals surface area contributed by atoms with Gasteiger partial charge in [0.05, 0.1) is 18.3 Å². The van der Waals surface area contributed by atoms with Crippen molar-refractivity contribution in [3.63, 3.8) is 0 Å². The molecule has 1 saturated heterocycles. The average Bonchev–Trinajstić information content (AvgIpc) is 3.32. The molecule has 3 aromatic heterocycles. The molecule has 8 heteroatoms. The molecule has 0 aromatic carbocycles. The van der Waals surface area contributed by atoms with Crippen molar-refractivity contribution < 1.29 is 4.79 Å². The van der Waals surface area contributed by atoms with E-state index in [0.29, 0.717) is 30.6 Å². The number of pyridine rings is 1. The van der Waals surface area contributed by atoms with E-state index in [1.165, 1.54) is 4.88 Å². The number of aromatic nitrogens is 3. The number of fused-ring (bicyclic) bond motifs is 1. The molecular formula is C23H25N5O2S. The maximum atomic E-state index is 12.9. The van der Waals surface area contributed by atoms with Crippen LogP contribution in [0.1, 0.15) is 57.6 Å². The van der Waals surface area contributed by atoms with Crippen molar-refractivity contribution in [3.8, 4) is 0 Å². The number of nitrogens with zero attached hydrogens (tertiary/aromatic N) is 4.